The monoisotopic (exact) mass is 300 g/mol. The van der Waals surface area contributed by atoms with Crippen molar-refractivity contribution in [1.29, 1.82) is 0 Å². The van der Waals surface area contributed by atoms with Crippen LogP contribution in [0, 0.1) is 0 Å². The van der Waals surface area contributed by atoms with E-state index in [4.69, 9.17) is 0 Å². The van der Waals surface area contributed by atoms with E-state index in [1.54, 1.807) is 29.1 Å². The molecule has 1 aliphatic rings. The van der Waals surface area contributed by atoms with E-state index in [-0.39, 0.29) is 11.5 Å². The molecule has 116 valence electrons. The molecule has 2 aromatic heterocycles. The Hall–Kier alpha value is -2.37. The largest absolute Gasteiger partial charge is 0.342 e. The first-order valence-electron chi connectivity index (χ1n) is 7.66. The number of H-pyrrole nitrogens is 1. The zero-order valence-corrected chi connectivity index (χ0v) is 12.4. The van der Waals surface area contributed by atoms with Crippen LogP contribution in [-0.4, -0.2) is 38.7 Å². The van der Waals surface area contributed by atoms with Gasteiger partial charge in [0, 0.05) is 56.1 Å². The molecule has 0 aromatic carbocycles. The summed E-state index contributed by atoms with van der Waals surface area (Å²) in [4.78, 5) is 25.9. The van der Waals surface area contributed by atoms with Crippen LogP contribution >= 0.6 is 0 Å². The summed E-state index contributed by atoms with van der Waals surface area (Å²) in [5, 5.41) is 6.98. The minimum Gasteiger partial charge on any atom is -0.342 e. The van der Waals surface area contributed by atoms with Crippen molar-refractivity contribution in [3.63, 3.8) is 0 Å². The second-order valence-electron chi connectivity index (χ2n) is 5.67. The van der Waals surface area contributed by atoms with E-state index in [0.29, 0.717) is 18.9 Å². The molecule has 1 saturated heterocycles. The quantitative estimate of drug-likeness (QED) is 0.927. The van der Waals surface area contributed by atoms with E-state index in [0.717, 1.165) is 31.6 Å². The summed E-state index contributed by atoms with van der Waals surface area (Å²) in [5.41, 5.74) is 1.03. The fourth-order valence-electron chi connectivity index (χ4n) is 2.97. The molecule has 0 aliphatic carbocycles. The zero-order chi connectivity index (χ0) is 15.4. The number of pyridine rings is 1. The van der Waals surface area contributed by atoms with Gasteiger partial charge in [0.05, 0.1) is 0 Å². The highest BCUT2D eigenvalue weighted by Crippen LogP contribution is 2.25. The molecule has 1 atom stereocenters. The Morgan fingerprint density at radius 1 is 1.36 bits per heavy atom. The molecule has 3 heterocycles. The molecule has 2 aromatic rings. The number of aromatic amines is 1. The van der Waals surface area contributed by atoms with Crippen molar-refractivity contribution in [1.82, 2.24) is 19.7 Å². The van der Waals surface area contributed by atoms with Gasteiger partial charge in [-0.05, 0) is 25.0 Å². The van der Waals surface area contributed by atoms with E-state index in [1.165, 1.54) is 6.07 Å². The van der Waals surface area contributed by atoms with Gasteiger partial charge in [-0.15, -0.1) is 0 Å². The molecular weight excluding hydrogens is 280 g/mol. The summed E-state index contributed by atoms with van der Waals surface area (Å²) in [7, 11) is 0. The fraction of sp³-hybridized carbons (Fsp3) is 0.438. The lowest BCUT2D eigenvalue weighted by Crippen LogP contribution is -2.39. The number of aromatic nitrogens is 3. The predicted molar refractivity (Wildman–Crippen MR) is 82.5 cm³/mol. The van der Waals surface area contributed by atoms with Crippen LogP contribution in [0.4, 0.5) is 0 Å². The molecule has 6 nitrogen and oxygen atoms in total. The standard InChI is InChI=1S/C16H20N4O2/c21-15-5-1-2-9-19(15)11-7-16(22)20-10-3-4-13(12-20)14-6-8-17-18-14/h1-2,5-6,8-9,13H,3-4,7,10-12H2,(H,17,18)/t13-/m1/s1. The Morgan fingerprint density at radius 3 is 3.05 bits per heavy atom. The Morgan fingerprint density at radius 2 is 2.27 bits per heavy atom. The number of piperidine rings is 1. The lowest BCUT2D eigenvalue weighted by molar-refractivity contribution is -0.132. The Balaban J connectivity index is 1.58. The predicted octanol–water partition coefficient (Wildman–Crippen LogP) is 1.37. The first-order valence-corrected chi connectivity index (χ1v) is 7.66. The van der Waals surface area contributed by atoms with Gasteiger partial charge in [-0.3, -0.25) is 14.7 Å². The van der Waals surface area contributed by atoms with Crippen molar-refractivity contribution >= 4 is 5.91 Å². The molecule has 6 heteroatoms. The molecule has 3 rings (SSSR count). The highest BCUT2D eigenvalue weighted by Gasteiger charge is 2.25. The maximum Gasteiger partial charge on any atom is 0.250 e. The average Bonchev–Trinajstić information content (AvgIpc) is 3.08. The Labute approximate surface area is 128 Å². The zero-order valence-electron chi connectivity index (χ0n) is 12.4. The highest BCUT2D eigenvalue weighted by molar-refractivity contribution is 5.76. The molecule has 0 bridgehead atoms. The third-order valence-corrected chi connectivity index (χ3v) is 4.20. The molecule has 22 heavy (non-hydrogen) atoms. The van der Waals surface area contributed by atoms with Crippen molar-refractivity contribution in [3.8, 4) is 0 Å². The van der Waals surface area contributed by atoms with Crippen LogP contribution < -0.4 is 5.56 Å². The Bertz CT molecular complexity index is 677. The molecule has 0 radical (unpaired) electrons. The van der Waals surface area contributed by atoms with Crippen LogP contribution in [-0.2, 0) is 11.3 Å². The van der Waals surface area contributed by atoms with Crippen molar-refractivity contribution in [3.05, 3.63) is 52.7 Å². The fourth-order valence-corrected chi connectivity index (χ4v) is 2.97. The molecular formula is C16H20N4O2. The number of carbonyl (C=O) groups is 1. The van der Waals surface area contributed by atoms with Gasteiger partial charge in [0.25, 0.3) is 5.56 Å². The first kappa shape index (κ1) is 14.6. The number of amides is 1. The number of aryl methyl sites for hydroxylation is 1. The lowest BCUT2D eigenvalue weighted by Gasteiger charge is -2.32. The normalized spacial score (nSPS) is 18.4. The summed E-state index contributed by atoms with van der Waals surface area (Å²) in [6.45, 7) is 1.96. The maximum absolute atomic E-state index is 12.4. The van der Waals surface area contributed by atoms with Crippen molar-refractivity contribution in [2.45, 2.75) is 31.7 Å². The molecule has 0 saturated carbocycles. The van der Waals surface area contributed by atoms with Gasteiger partial charge in [-0.2, -0.15) is 5.10 Å². The van der Waals surface area contributed by atoms with Crippen LogP contribution in [0.1, 0.15) is 30.9 Å². The van der Waals surface area contributed by atoms with Crippen LogP contribution in [0.25, 0.3) is 0 Å². The second kappa shape index (κ2) is 6.60. The van der Waals surface area contributed by atoms with E-state index in [9.17, 15) is 9.59 Å². The molecule has 1 amide bonds. The van der Waals surface area contributed by atoms with Crippen LogP contribution in [0.15, 0.2) is 41.5 Å². The van der Waals surface area contributed by atoms with Crippen molar-refractivity contribution in [2.75, 3.05) is 13.1 Å². The number of hydrogen-bond acceptors (Lipinski definition) is 3. The lowest BCUT2D eigenvalue weighted by atomic mass is 9.95. The van der Waals surface area contributed by atoms with Gasteiger partial charge in [0.1, 0.15) is 0 Å². The number of rotatable bonds is 4. The van der Waals surface area contributed by atoms with Crippen molar-refractivity contribution in [2.24, 2.45) is 0 Å². The summed E-state index contributed by atoms with van der Waals surface area (Å²) in [5.74, 6) is 0.444. The topological polar surface area (TPSA) is 71.0 Å². The molecule has 1 aliphatic heterocycles. The van der Waals surface area contributed by atoms with Gasteiger partial charge in [-0.1, -0.05) is 6.07 Å². The van der Waals surface area contributed by atoms with Crippen LogP contribution in [0.5, 0.6) is 0 Å². The second-order valence-corrected chi connectivity index (χ2v) is 5.67. The van der Waals surface area contributed by atoms with E-state index in [2.05, 4.69) is 10.2 Å². The molecule has 1 N–H and O–H groups in total. The number of carbonyl (C=O) groups excluding carboxylic acids is 1. The third-order valence-electron chi connectivity index (χ3n) is 4.20. The number of nitrogens with one attached hydrogen (secondary N) is 1. The van der Waals surface area contributed by atoms with E-state index in [1.807, 2.05) is 11.0 Å². The smallest absolute Gasteiger partial charge is 0.250 e. The summed E-state index contributed by atoms with van der Waals surface area (Å²) in [6.07, 6.45) is 5.90. The minimum absolute atomic E-state index is 0.0655. The van der Waals surface area contributed by atoms with Crippen LogP contribution in [0.2, 0.25) is 0 Å². The number of nitrogens with zero attached hydrogens (tertiary/aromatic N) is 3. The molecule has 1 fully saturated rings. The van der Waals surface area contributed by atoms with Crippen LogP contribution in [0.3, 0.4) is 0 Å². The van der Waals surface area contributed by atoms with Gasteiger partial charge in [0.2, 0.25) is 5.91 Å². The van der Waals surface area contributed by atoms with E-state index >= 15 is 0 Å². The van der Waals surface area contributed by atoms with Gasteiger partial charge in [0.15, 0.2) is 0 Å². The van der Waals surface area contributed by atoms with Crippen molar-refractivity contribution < 1.29 is 4.79 Å². The average molecular weight is 300 g/mol. The SMILES string of the molecule is O=C(CCn1ccccc1=O)N1CCC[C@@H](c2ccn[nH]2)C1. The first-order chi connectivity index (χ1) is 10.7. The molecule has 0 unspecified atom stereocenters. The van der Waals surface area contributed by atoms with E-state index < -0.39 is 0 Å². The van der Waals surface area contributed by atoms with Gasteiger partial charge < -0.3 is 9.47 Å². The van der Waals surface area contributed by atoms with Gasteiger partial charge in [-0.25, -0.2) is 0 Å². The summed E-state index contributed by atoms with van der Waals surface area (Å²) in [6, 6.07) is 7.00. The Kier molecular flexibility index (Phi) is 4.37. The molecule has 0 spiro atoms. The minimum atomic E-state index is -0.0655. The highest BCUT2D eigenvalue weighted by atomic mass is 16.2. The summed E-state index contributed by atoms with van der Waals surface area (Å²) >= 11 is 0. The van der Waals surface area contributed by atoms with Gasteiger partial charge >= 0.3 is 0 Å². The number of likely N-dealkylation sites (tertiary alicyclic amines) is 1. The maximum atomic E-state index is 12.4. The summed E-state index contributed by atoms with van der Waals surface area (Å²) < 4.78 is 1.58. The third kappa shape index (κ3) is 3.27. The number of hydrogen-bond donors (Lipinski definition) is 1.